The lowest BCUT2D eigenvalue weighted by molar-refractivity contribution is -0.130. The molecular formula is C44H56N2O5. The van der Waals surface area contributed by atoms with Gasteiger partial charge in [0.15, 0.2) is 11.5 Å². The molecular weight excluding hydrogens is 636 g/mol. The quantitative estimate of drug-likeness (QED) is 0.160. The first-order chi connectivity index (χ1) is 24.8. The largest absolute Gasteiger partial charge is 0.504 e. The molecule has 4 aliphatic rings. The van der Waals surface area contributed by atoms with Gasteiger partial charge in [-0.25, -0.2) is 0 Å². The highest BCUT2D eigenvalue weighted by Gasteiger charge is 2.39. The topological polar surface area (TPSA) is 122 Å². The Labute approximate surface area is 304 Å². The Hall–Kier alpha value is -4.02. The molecule has 2 saturated carbocycles. The Morgan fingerprint density at radius 2 is 1.80 bits per heavy atom. The zero-order chi connectivity index (χ0) is 35.7. The molecule has 0 radical (unpaired) electrons. The van der Waals surface area contributed by atoms with Crippen LogP contribution in [0.4, 0.5) is 0 Å². The number of hydrogen-bond donors (Lipinski definition) is 4. The third kappa shape index (κ3) is 9.46. The summed E-state index contributed by atoms with van der Waals surface area (Å²) in [5, 5.41) is 25.0. The summed E-state index contributed by atoms with van der Waals surface area (Å²) < 4.78 is 5.46. The SMILES string of the molecule is COc1cc2c(cc1O)[C@@H](c1ccccc1)C#C[C@@H]1C[C@H](CC3=CCNC(N)=C3)C[C@H]([C@H](CO)CCC3CCCCC3)C[C@H]1C(=O)CC(=O)CC2. The summed E-state index contributed by atoms with van der Waals surface area (Å²) in [6.45, 7) is 0.802. The number of nitrogens with two attached hydrogens (primary N) is 1. The predicted molar refractivity (Wildman–Crippen MR) is 201 cm³/mol. The van der Waals surface area contributed by atoms with E-state index in [0.717, 1.165) is 54.7 Å². The number of hydrogen-bond acceptors (Lipinski definition) is 7. The maximum absolute atomic E-state index is 14.3. The average molecular weight is 693 g/mol. The number of rotatable bonds is 9. The minimum atomic E-state index is -0.387. The van der Waals surface area contributed by atoms with E-state index in [0.29, 0.717) is 31.0 Å². The van der Waals surface area contributed by atoms with Crippen molar-refractivity contribution >= 4 is 11.6 Å². The van der Waals surface area contributed by atoms with E-state index in [-0.39, 0.29) is 72.3 Å². The molecule has 2 fully saturated rings. The molecule has 2 aromatic rings. The summed E-state index contributed by atoms with van der Waals surface area (Å²) in [7, 11) is 1.52. The van der Waals surface area contributed by atoms with Gasteiger partial charge in [-0.15, -0.1) is 0 Å². The summed E-state index contributed by atoms with van der Waals surface area (Å²) in [5.74, 6) is 8.51. The van der Waals surface area contributed by atoms with Gasteiger partial charge in [-0.1, -0.05) is 86.8 Å². The standard InChI is InChI=1S/C44H56N2O5/c1-51-43-25-34-14-16-37(48)26-41(49)40-24-36(35(28-47)13-12-29-8-4-2-5-9-29)22-31(20-30-18-19-46-44(45)23-30)21-33(40)15-17-38(39(34)27-42(43)50)32-10-6-3-7-11-32/h3,6-7,10-11,18,23,25,27,29,31,33,35-36,38,40,46-47,50H,2,4-5,8-9,12-14,16,19-22,24,26,28,45H2,1H3/t31-,33+,35-,36-,38+,40+/m0/s1. The molecule has 6 rings (SSSR count). The van der Waals surface area contributed by atoms with Crippen molar-refractivity contribution in [3.63, 3.8) is 0 Å². The number of aryl methyl sites for hydroxylation is 1. The van der Waals surface area contributed by atoms with Crippen LogP contribution in [0.5, 0.6) is 11.5 Å². The van der Waals surface area contributed by atoms with Crippen molar-refractivity contribution in [3.8, 4) is 23.3 Å². The molecule has 7 heteroatoms. The Kier molecular flexibility index (Phi) is 12.6. The maximum atomic E-state index is 14.3. The van der Waals surface area contributed by atoms with Crippen LogP contribution in [-0.2, 0) is 16.0 Å². The molecule has 0 aromatic heterocycles. The van der Waals surface area contributed by atoms with Crippen LogP contribution in [0.3, 0.4) is 0 Å². The van der Waals surface area contributed by atoms with Crippen molar-refractivity contribution in [2.45, 2.75) is 95.8 Å². The minimum Gasteiger partial charge on any atom is -0.504 e. The van der Waals surface area contributed by atoms with Gasteiger partial charge < -0.3 is 26.0 Å². The summed E-state index contributed by atoms with van der Waals surface area (Å²) in [6.07, 6.45) is 16.4. The molecule has 6 atom stereocenters. The maximum Gasteiger partial charge on any atom is 0.160 e. The van der Waals surface area contributed by atoms with Crippen molar-refractivity contribution in [2.75, 3.05) is 20.3 Å². The van der Waals surface area contributed by atoms with E-state index in [1.807, 2.05) is 30.3 Å². The third-order valence-corrected chi connectivity index (χ3v) is 12.1. The number of phenolic OH excluding ortho intramolecular Hbond substituents is 1. The van der Waals surface area contributed by atoms with Crippen molar-refractivity contribution in [3.05, 3.63) is 82.7 Å². The molecule has 51 heavy (non-hydrogen) atoms. The van der Waals surface area contributed by atoms with Gasteiger partial charge in [-0.3, -0.25) is 9.59 Å². The third-order valence-electron chi connectivity index (χ3n) is 12.1. The highest BCUT2D eigenvalue weighted by molar-refractivity contribution is 6.00. The molecule has 1 heterocycles. The molecule has 0 bridgehead atoms. The van der Waals surface area contributed by atoms with E-state index in [4.69, 9.17) is 10.5 Å². The molecule has 0 unspecified atom stereocenters. The molecule has 7 nitrogen and oxygen atoms in total. The summed E-state index contributed by atoms with van der Waals surface area (Å²) in [6, 6.07) is 13.6. The number of aromatic hydroxyl groups is 1. The second kappa shape index (κ2) is 17.5. The number of ether oxygens (including phenoxy) is 1. The van der Waals surface area contributed by atoms with E-state index in [1.165, 1.54) is 44.8 Å². The zero-order valence-electron chi connectivity index (χ0n) is 30.2. The average Bonchev–Trinajstić information content (AvgIpc) is 3.31. The molecule has 1 aliphatic heterocycles. The first-order valence-electron chi connectivity index (χ1n) is 19.3. The van der Waals surface area contributed by atoms with Crippen LogP contribution >= 0.6 is 0 Å². The monoisotopic (exact) mass is 692 g/mol. The fourth-order valence-electron chi connectivity index (χ4n) is 9.33. The number of methoxy groups -OCH3 is 1. The fourth-order valence-corrected chi connectivity index (χ4v) is 9.33. The number of phenols is 1. The zero-order valence-corrected chi connectivity index (χ0v) is 30.2. The van der Waals surface area contributed by atoms with Gasteiger partial charge >= 0.3 is 0 Å². The summed E-state index contributed by atoms with van der Waals surface area (Å²) >= 11 is 0. The lowest BCUT2D eigenvalue weighted by Crippen LogP contribution is -2.29. The van der Waals surface area contributed by atoms with Gasteiger partial charge in [-0.2, -0.15) is 0 Å². The van der Waals surface area contributed by atoms with Crippen LogP contribution in [0.1, 0.15) is 106 Å². The Morgan fingerprint density at radius 1 is 1.00 bits per heavy atom. The van der Waals surface area contributed by atoms with E-state index >= 15 is 0 Å². The lowest BCUT2D eigenvalue weighted by Gasteiger charge is -2.31. The van der Waals surface area contributed by atoms with Crippen LogP contribution in [0, 0.1) is 47.3 Å². The van der Waals surface area contributed by atoms with E-state index in [9.17, 15) is 19.8 Å². The van der Waals surface area contributed by atoms with Gasteiger partial charge in [0, 0.05) is 31.4 Å². The predicted octanol–water partition coefficient (Wildman–Crippen LogP) is 7.35. The number of nitrogens with one attached hydrogen (secondary N) is 1. The second-order valence-corrected chi connectivity index (χ2v) is 15.6. The number of fused-ring (bicyclic) bond motifs is 2. The lowest BCUT2D eigenvalue weighted by atomic mass is 9.74. The van der Waals surface area contributed by atoms with Crippen LogP contribution in [-0.4, -0.2) is 42.0 Å². The molecule has 0 amide bonds. The number of benzene rings is 2. The van der Waals surface area contributed by atoms with Crippen molar-refractivity contribution in [1.82, 2.24) is 5.32 Å². The first kappa shape index (κ1) is 36.8. The number of ketones is 2. The molecule has 272 valence electrons. The summed E-state index contributed by atoms with van der Waals surface area (Å²) in [5.41, 5.74) is 10.1. The number of carbonyl (C=O) groups excluding carboxylic acids is 2. The van der Waals surface area contributed by atoms with Gasteiger partial charge in [0.2, 0.25) is 0 Å². The highest BCUT2D eigenvalue weighted by atomic mass is 16.5. The Morgan fingerprint density at radius 3 is 2.55 bits per heavy atom. The van der Waals surface area contributed by atoms with Crippen LogP contribution in [0.15, 0.2) is 66.0 Å². The van der Waals surface area contributed by atoms with Gasteiger partial charge in [-0.05, 0) is 103 Å². The van der Waals surface area contributed by atoms with Gasteiger partial charge in [0.05, 0.1) is 25.3 Å². The molecule has 0 spiro atoms. The van der Waals surface area contributed by atoms with Gasteiger partial charge in [0.1, 0.15) is 11.6 Å². The van der Waals surface area contributed by atoms with Crippen molar-refractivity contribution in [1.29, 1.82) is 0 Å². The van der Waals surface area contributed by atoms with Crippen LogP contribution in [0.2, 0.25) is 0 Å². The number of aliphatic hydroxyl groups excluding tert-OH is 1. The Balaban J connectivity index is 1.40. The van der Waals surface area contributed by atoms with E-state index < -0.39 is 0 Å². The number of carbonyl (C=O) groups is 2. The number of allylic oxidation sites excluding steroid dienone is 2. The van der Waals surface area contributed by atoms with Crippen molar-refractivity contribution < 1.29 is 24.5 Å². The number of Topliss-reactive ketones (excluding diaryl/α,β-unsaturated/α-hetero) is 2. The van der Waals surface area contributed by atoms with Crippen LogP contribution in [0.25, 0.3) is 0 Å². The fraction of sp³-hybridized carbons (Fsp3) is 0.545. The van der Waals surface area contributed by atoms with Crippen LogP contribution < -0.4 is 15.8 Å². The van der Waals surface area contributed by atoms with Crippen molar-refractivity contribution in [2.24, 2.45) is 41.2 Å². The highest BCUT2D eigenvalue weighted by Crippen LogP contribution is 2.44. The Bertz CT molecular complexity index is 1650. The van der Waals surface area contributed by atoms with E-state index in [1.54, 1.807) is 6.07 Å². The number of aliphatic hydroxyl groups is 1. The summed E-state index contributed by atoms with van der Waals surface area (Å²) in [4.78, 5) is 27.9. The molecule has 0 saturated heterocycles. The van der Waals surface area contributed by atoms with Gasteiger partial charge in [0.25, 0.3) is 0 Å². The number of dihydropyridines is 1. The molecule has 3 aliphatic carbocycles. The normalized spacial score (nSPS) is 26.7. The molecule has 5 N–H and O–H groups in total. The smallest absolute Gasteiger partial charge is 0.160 e. The second-order valence-electron chi connectivity index (χ2n) is 15.6. The minimum absolute atomic E-state index is 0.0144. The first-order valence-corrected chi connectivity index (χ1v) is 19.3. The van der Waals surface area contributed by atoms with E-state index in [2.05, 4.69) is 35.4 Å². The molecule has 2 aromatic carbocycles.